The maximum Gasteiger partial charge on any atom is 0.0651 e. The molecule has 14 aromatic rings. The molecular formula is C80H58N8. The first-order chi connectivity index (χ1) is 43.6. The number of aromatic nitrogens is 4. The monoisotopic (exact) mass is 1130 g/mol. The van der Waals surface area contributed by atoms with E-state index in [1.54, 1.807) is 0 Å². The molecule has 2 aliphatic heterocycles. The molecular weight excluding hydrogens is 1070 g/mol. The molecule has 0 fully saturated rings. The van der Waals surface area contributed by atoms with Gasteiger partial charge in [-0.15, -0.1) is 0 Å². The Labute approximate surface area is 511 Å². The number of anilines is 6. The van der Waals surface area contributed by atoms with Crippen molar-refractivity contribution in [1.29, 1.82) is 0 Å². The summed E-state index contributed by atoms with van der Waals surface area (Å²) in [5, 5.41) is 4.80. The molecule has 0 radical (unpaired) electrons. The lowest BCUT2D eigenvalue weighted by Crippen LogP contribution is -2.14. The first-order valence-corrected chi connectivity index (χ1v) is 30.1. The molecule has 6 heterocycles. The molecule has 16 rings (SSSR count). The van der Waals surface area contributed by atoms with Gasteiger partial charge in [-0.3, -0.25) is 20.0 Å². The molecule has 418 valence electrons. The Morgan fingerprint density at radius 3 is 1.15 bits per heavy atom. The second-order valence-electron chi connectivity index (χ2n) is 22.7. The molecule has 0 bridgehead atoms. The average molecular weight is 1130 g/mol. The summed E-state index contributed by atoms with van der Waals surface area (Å²) in [6.07, 6.45) is 16.6. The number of nitrogens with zero attached hydrogens (tertiary/aromatic N) is 8. The number of hydrogen-bond donors (Lipinski definition) is 0. The standard InChI is InChI=1S/C80H58N8/c1-4-20-65(21-5-1)85(66-22-6-2-7-23-66)69-26-16-18-56(42-69)59-40-61(49-81-47-59)62-41-60(48-82-50-62)57-19-17-27-70(43-57)86(67-24-8-3-9-25-67)68-37-34-55(35-38-68)58-36-39-80-76(46-58)75-30-12-15-33-79(75)88(80)72-45-64(52-84-54-72)63-44-71(53-83-51-63)87-77-31-13-10-28-73(77)74-29-11-14-32-78(74)87/h1-46,49-54,59-60H,47-48H2. The first kappa shape index (κ1) is 52.1. The largest absolute Gasteiger partial charge is 0.310 e. The zero-order valence-corrected chi connectivity index (χ0v) is 48.2. The quantitative estimate of drug-likeness (QED) is 0.115. The molecule has 8 nitrogen and oxygen atoms in total. The van der Waals surface area contributed by atoms with Crippen molar-refractivity contribution in [2.24, 2.45) is 9.98 Å². The van der Waals surface area contributed by atoms with Crippen molar-refractivity contribution in [3.63, 3.8) is 0 Å². The van der Waals surface area contributed by atoms with Gasteiger partial charge < -0.3 is 18.9 Å². The summed E-state index contributed by atoms with van der Waals surface area (Å²) < 4.78 is 4.65. The molecule has 2 atom stereocenters. The van der Waals surface area contributed by atoms with Crippen LogP contribution in [0.3, 0.4) is 0 Å². The smallest absolute Gasteiger partial charge is 0.0651 e. The van der Waals surface area contributed by atoms with E-state index in [0.717, 1.165) is 101 Å². The summed E-state index contributed by atoms with van der Waals surface area (Å²) >= 11 is 0. The second kappa shape index (κ2) is 22.5. The highest BCUT2D eigenvalue weighted by Crippen LogP contribution is 2.42. The predicted molar refractivity (Wildman–Crippen MR) is 366 cm³/mol. The maximum absolute atomic E-state index is 4.99. The van der Waals surface area contributed by atoms with Crippen LogP contribution in [-0.2, 0) is 0 Å². The van der Waals surface area contributed by atoms with Gasteiger partial charge in [0.2, 0.25) is 0 Å². The highest BCUT2D eigenvalue weighted by atomic mass is 15.1. The molecule has 0 spiro atoms. The van der Waals surface area contributed by atoms with Crippen LogP contribution in [0.4, 0.5) is 34.1 Å². The Morgan fingerprint density at radius 1 is 0.295 bits per heavy atom. The fraction of sp³-hybridized carbons (Fsp3) is 0.0500. The number of para-hydroxylation sites is 6. The third-order valence-electron chi connectivity index (χ3n) is 17.3. The predicted octanol–water partition coefficient (Wildman–Crippen LogP) is 19.8. The Morgan fingerprint density at radius 2 is 0.682 bits per heavy atom. The van der Waals surface area contributed by atoms with Gasteiger partial charge in [0.05, 0.1) is 45.8 Å². The minimum atomic E-state index is 0.0804. The lowest BCUT2D eigenvalue weighted by atomic mass is 9.88. The van der Waals surface area contributed by atoms with Gasteiger partial charge in [-0.05, 0) is 149 Å². The SMILES string of the molecule is C1=NCC(c2cccc(N(c3ccccc3)c3ccccc3)c2)C=C1C1=CC(c2cccc(N(c3ccccc3)c3ccc(-c4ccc5c(c4)c4ccccc4n5-c4cncc(-c5cncc(-n6c7ccccc7c7ccccc76)c5)c4)cc3)c2)CN=C1. The molecule has 0 N–H and O–H groups in total. The fourth-order valence-corrected chi connectivity index (χ4v) is 13.2. The zero-order valence-electron chi connectivity index (χ0n) is 48.2. The van der Waals surface area contributed by atoms with Crippen LogP contribution >= 0.6 is 0 Å². The number of pyridine rings is 2. The fourth-order valence-electron chi connectivity index (χ4n) is 13.2. The Bertz CT molecular complexity index is 4960. The number of dihydropyridines is 2. The molecule has 8 heteroatoms. The van der Waals surface area contributed by atoms with Gasteiger partial charge >= 0.3 is 0 Å². The molecule has 88 heavy (non-hydrogen) atoms. The van der Waals surface area contributed by atoms with Crippen LogP contribution < -0.4 is 9.80 Å². The number of benzene rings is 10. The lowest BCUT2D eigenvalue weighted by molar-refractivity contribution is 0.827. The van der Waals surface area contributed by atoms with E-state index in [0.29, 0.717) is 13.1 Å². The van der Waals surface area contributed by atoms with E-state index in [1.807, 2.05) is 37.2 Å². The van der Waals surface area contributed by atoms with Gasteiger partial charge in [0.1, 0.15) is 0 Å². The van der Waals surface area contributed by atoms with Gasteiger partial charge in [-0.25, -0.2) is 0 Å². The Kier molecular flexibility index (Phi) is 13.3. The van der Waals surface area contributed by atoms with Crippen LogP contribution in [-0.4, -0.2) is 44.6 Å². The third-order valence-corrected chi connectivity index (χ3v) is 17.3. The van der Waals surface area contributed by atoms with Gasteiger partial charge in [0.15, 0.2) is 0 Å². The maximum atomic E-state index is 4.99. The second-order valence-corrected chi connectivity index (χ2v) is 22.7. The summed E-state index contributed by atoms with van der Waals surface area (Å²) in [6, 6.07) is 95.8. The normalized spacial score (nSPS) is 14.8. The van der Waals surface area contributed by atoms with Crippen molar-refractivity contribution in [3.8, 4) is 33.6 Å². The zero-order chi connectivity index (χ0) is 58.3. The Hall–Kier alpha value is -11.5. The van der Waals surface area contributed by atoms with Crippen LogP contribution in [0.1, 0.15) is 23.0 Å². The number of aliphatic imine (C=N–C) groups is 2. The molecule has 0 aliphatic carbocycles. The number of hydrogen-bond acceptors (Lipinski definition) is 6. The molecule has 0 amide bonds. The summed E-state index contributed by atoms with van der Waals surface area (Å²) in [5.74, 6) is 0.194. The summed E-state index contributed by atoms with van der Waals surface area (Å²) in [6.45, 7) is 1.36. The molecule has 2 unspecified atom stereocenters. The highest BCUT2D eigenvalue weighted by Gasteiger charge is 2.23. The molecule has 0 saturated heterocycles. The van der Waals surface area contributed by atoms with Crippen molar-refractivity contribution in [2.45, 2.75) is 11.8 Å². The summed E-state index contributed by atoms with van der Waals surface area (Å²) in [5.41, 5.74) is 22.0. The van der Waals surface area contributed by atoms with E-state index in [2.05, 4.69) is 298 Å². The summed E-state index contributed by atoms with van der Waals surface area (Å²) in [7, 11) is 0. The highest BCUT2D eigenvalue weighted by molar-refractivity contribution is 6.11. The van der Waals surface area contributed by atoms with E-state index >= 15 is 0 Å². The lowest BCUT2D eigenvalue weighted by Gasteiger charge is -2.27. The van der Waals surface area contributed by atoms with Crippen molar-refractivity contribution in [2.75, 3.05) is 22.9 Å². The average Bonchev–Trinajstić information content (AvgIpc) is 3.49. The Balaban J connectivity index is 0.680. The molecule has 10 aromatic carbocycles. The topological polar surface area (TPSA) is 66.8 Å². The van der Waals surface area contributed by atoms with Gasteiger partial charge in [-0.2, -0.15) is 0 Å². The summed E-state index contributed by atoms with van der Waals surface area (Å²) in [4.78, 5) is 24.3. The van der Waals surface area contributed by atoms with Crippen molar-refractivity contribution in [1.82, 2.24) is 19.1 Å². The number of fused-ring (bicyclic) bond motifs is 6. The van der Waals surface area contributed by atoms with E-state index in [9.17, 15) is 0 Å². The molecule has 2 aliphatic rings. The van der Waals surface area contributed by atoms with Gasteiger partial charge in [0.25, 0.3) is 0 Å². The van der Waals surface area contributed by atoms with E-state index < -0.39 is 0 Å². The van der Waals surface area contributed by atoms with Crippen molar-refractivity contribution < 1.29 is 0 Å². The van der Waals surface area contributed by atoms with E-state index in [-0.39, 0.29) is 11.8 Å². The van der Waals surface area contributed by atoms with Gasteiger partial charge in [0, 0.05) is 117 Å². The molecule has 4 aromatic heterocycles. The molecule has 0 saturated carbocycles. The third kappa shape index (κ3) is 9.63. The van der Waals surface area contributed by atoms with Crippen LogP contribution in [0.25, 0.3) is 77.2 Å². The first-order valence-electron chi connectivity index (χ1n) is 30.1. The van der Waals surface area contributed by atoms with E-state index in [4.69, 9.17) is 20.0 Å². The van der Waals surface area contributed by atoms with E-state index in [1.165, 1.54) is 32.7 Å². The number of allylic oxidation sites excluding steroid dienone is 2. The van der Waals surface area contributed by atoms with Crippen LogP contribution in [0, 0.1) is 0 Å². The van der Waals surface area contributed by atoms with Crippen LogP contribution in [0.15, 0.2) is 325 Å². The minimum Gasteiger partial charge on any atom is -0.310 e. The minimum absolute atomic E-state index is 0.0804. The van der Waals surface area contributed by atoms with Crippen molar-refractivity contribution in [3.05, 3.63) is 326 Å². The number of rotatable bonds is 13. The van der Waals surface area contributed by atoms with Gasteiger partial charge in [-0.1, -0.05) is 164 Å². The van der Waals surface area contributed by atoms with Crippen LogP contribution in [0.2, 0.25) is 0 Å². The van der Waals surface area contributed by atoms with Crippen molar-refractivity contribution >= 4 is 90.2 Å². The van der Waals surface area contributed by atoms with Crippen LogP contribution in [0.5, 0.6) is 0 Å².